The highest BCUT2D eigenvalue weighted by Gasteiger charge is 2.35. The van der Waals surface area contributed by atoms with Crippen molar-refractivity contribution < 1.29 is 14.6 Å². The van der Waals surface area contributed by atoms with Crippen molar-refractivity contribution in [1.29, 1.82) is 0 Å². The van der Waals surface area contributed by atoms with Gasteiger partial charge in [-0.2, -0.15) is 0 Å². The minimum atomic E-state index is -0.736. The second-order valence-electron chi connectivity index (χ2n) is 4.35. The lowest BCUT2D eigenvalue weighted by Gasteiger charge is -2.28. The Hall–Kier alpha value is -1.35. The molecule has 1 heterocycles. The van der Waals surface area contributed by atoms with Gasteiger partial charge in [-0.05, 0) is 43.5 Å². The quantitative estimate of drug-likeness (QED) is 0.583. The molecule has 16 heavy (non-hydrogen) atoms. The van der Waals surface area contributed by atoms with Gasteiger partial charge in [0, 0.05) is 5.56 Å². The Morgan fingerprint density at radius 1 is 1.31 bits per heavy atom. The van der Waals surface area contributed by atoms with E-state index in [-0.39, 0.29) is 5.97 Å². The molecule has 0 saturated heterocycles. The molecule has 0 aliphatic carbocycles. The Morgan fingerprint density at radius 3 is 2.56 bits per heavy atom. The van der Waals surface area contributed by atoms with Crippen LogP contribution in [0.4, 0.5) is 0 Å². The van der Waals surface area contributed by atoms with E-state index >= 15 is 0 Å². The maximum absolute atomic E-state index is 11.6. The minimum Gasteiger partial charge on any atom is -0.426 e. The first-order chi connectivity index (χ1) is 7.54. The predicted molar refractivity (Wildman–Crippen MR) is 60.3 cm³/mol. The summed E-state index contributed by atoms with van der Waals surface area (Å²) in [4.78, 5) is 11.6. The molecule has 0 radical (unpaired) electrons. The van der Waals surface area contributed by atoms with Gasteiger partial charge < -0.3 is 9.84 Å². The lowest BCUT2D eigenvalue weighted by molar-refractivity contribution is -0.145. The van der Waals surface area contributed by atoms with Gasteiger partial charge in [0.2, 0.25) is 0 Å². The molecule has 86 valence electrons. The van der Waals surface area contributed by atoms with Crippen molar-refractivity contribution in [2.24, 2.45) is 5.92 Å². The van der Waals surface area contributed by atoms with Crippen LogP contribution in [0.3, 0.4) is 0 Å². The van der Waals surface area contributed by atoms with E-state index in [0.717, 1.165) is 16.7 Å². The Bertz CT molecular complexity index is 437. The van der Waals surface area contributed by atoms with E-state index in [1.165, 1.54) is 0 Å². The number of carbonyl (C=O) groups is 1. The Labute approximate surface area is 95.0 Å². The zero-order valence-corrected chi connectivity index (χ0v) is 9.78. The van der Waals surface area contributed by atoms with Crippen LogP contribution in [-0.2, 0) is 4.79 Å². The largest absolute Gasteiger partial charge is 0.426 e. The summed E-state index contributed by atoms with van der Waals surface area (Å²) < 4.78 is 5.24. The fourth-order valence-corrected chi connectivity index (χ4v) is 2.05. The van der Waals surface area contributed by atoms with Crippen LogP contribution in [-0.4, -0.2) is 11.1 Å². The molecular weight excluding hydrogens is 204 g/mol. The highest BCUT2D eigenvalue weighted by atomic mass is 16.5. The monoisotopic (exact) mass is 220 g/mol. The van der Waals surface area contributed by atoms with E-state index in [9.17, 15) is 9.90 Å². The smallest absolute Gasteiger partial charge is 0.317 e. The molecule has 1 N–H and O–H groups in total. The molecule has 0 spiro atoms. The number of aliphatic hydroxyl groups is 1. The van der Waals surface area contributed by atoms with Crippen LogP contribution < -0.4 is 4.74 Å². The van der Waals surface area contributed by atoms with Gasteiger partial charge in [0.15, 0.2) is 0 Å². The summed E-state index contributed by atoms with van der Waals surface area (Å²) in [6.07, 6.45) is -0.146. The number of rotatable bonds is 1. The van der Waals surface area contributed by atoms with Gasteiger partial charge in [0.25, 0.3) is 0 Å². The molecule has 1 aliphatic heterocycles. The Morgan fingerprint density at radius 2 is 1.94 bits per heavy atom. The summed E-state index contributed by atoms with van der Waals surface area (Å²) in [5.74, 6) is -0.259. The predicted octanol–water partition coefficient (Wildman–Crippen LogP) is 2.28. The van der Waals surface area contributed by atoms with Crippen molar-refractivity contribution in [1.82, 2.24) is 0 Å². The molecule has 0 bridgehead atoms. The van der Waals surface area contributed by atoms with Crippen LogP contribution in [0.1, 0.15) is 36.1 Å². The Kier molecular flexibility index (Phi) is 2.72. The first kappa shape index (κ1) is 11.1. The number of aliphatic hydroxyl groups excluding tert-OH is 1. The number of esters is 1. The van der Waals surface area contributed by atoms with Gasteiger partial charge in [0.05, 0.1) is 12.0 Å². The van der Waals surface area contributed by atoms with Gasteiger partial charge in [0.1, 0.15) is 5.75 Å². The first-order valence-corrected chi connectivity index (χ1v) is 5.55. The standard InChI is InChI=1S/C13H16O3/c1-4-9-12(14)10-5-7(2)8(3)6-11(10)16-13(9)15/h5-6,9,12,14H,4H2,1-3H3. The number of ether oxygens (including phenoxy) is 1. The lowest BCUT2D eigenvalue weighted by atomic mass is 9.89. The van der Waals surface area contributed by atoms with Crippen molar-refractivity contribution >= 4 is 5.97 Å². The molecule has 2 atom stereocenters. The molecule has 2 rings (SSSR count). The van der Waals surface area contributed by atoms with Crippen LogP contribution >= 0.6 is 0 Å². The van der Waals surface area contributed by atoms with Gasteiger partial charge >= 0.3 is 5.97 Å². The molecule has 1 aromatic rings. The van der Waals surface area contributed by atoms with Gasteiger partial charge in [-0.1, -0.05) is 6.92 Å². The zero-order chi connectivity index (χ0) is 11.9. The SMILES string of the molecule is CCC1C(=O)Oc2cc(C)c(C)cc2C1O. The average Bonchev–Trinajstić information content (AvgIpc) is 2.22. The van der Waals surface area contributed by atoms with Gasteiger partial charge in [-0.3, -0.25) is 4.79 Å². The van der Waals surface area contributed by atoms with Crippen LogP contribution in [0.5, 0.6) is 5.75 Å². The topological polar surface area (TPSA) is 46.5 Å². The third-order valence-corrected chi connectivity index (χ3v) is 3.28. The maximum Gasteiger partial charge on any atom is 0.317 e. The van der Waals surface area contributed by atoms with Crippen molar-refractivity contribution in [3.8, 4) is 5.75 Å². The molecule has 0 amide bonds. The first-order valence-electron chi connectivity index (χ1n) is 5.55. The van der Waals surface area contributed by atoms with E-state index < -0.39 is 12.0 Å². The molecule has 1 aliphatic rings. The van der Waals surface area contributed by atoms with E-state index in [1.54, 1.807) is 0 Å². The molecule has 3 heteroatoms. The van der Waals surface area contributed by atoms with E-state index in [2.05, 4.69) is 0 Å². The number of benzene rings is 1. The van der Waals surface area contributed by atoms with Gasteiger partial charge in [-0.25, -0.2) is 0 Å². The zero-order valence-electron chi connectivity index (χ0n) is 9.78. The highest BCUT2D eigenvalue weighted by molar-refractivity contribution is 5.79. The van der Waals surface area contributed by atoms with Crippen LogP contribution in [0, 0.1) is 19.8 Å². The molecule has 0 fully saturated rings. The van der Waals surface area contributed by atoms with Gasteiger partial charge in [-0.15, -0.1) is 0 Å². The number of hydrogen-bond acceptors (Lipinski definition) is 3. The van der Waals surface area contributed by atoms with Crippen LogP contribution in [0.15, 0.2) is 12.1 Å². The highest BCUT2D eigenvalue weighted by Crippen LogP contribution is 2.38. The third kappa shape index (κ3) is 1.61. The summed E-state index contributed by atoms with van der Waals surface area (Å²) >= 11 is 0. The van der Waals surface area contributed by atoms with Crippen molar-refractivity contribution in [3.63, 3.8) is 0 Å². The molecule has 1 aromatic carbocycles. The van der Waals surface area contributed by atoms with Crippen molar-refractivity contribution in [3.05, 3.63) is 28.8 Å². The average molecular weight is 220 g/mol. The van der Waals surface area contributed by atoms with E-state index in [1.807, 2.05) is 32.9 Å². The molecule has 3 nitrogen and oxygen atoms in total. The lowest BCUT2D eigenvalue weighted by Crippen LogP contribution is -2.31. The van der Waals surface area contributed by atoms with E-state index in [0.29, 0.717) is 12.2 Å². The minimum absolute atomic E-state index is 0.328. The summed E-state index contributed by atoms with van der Waals surface area (Å²) in [6.45, 7) is 5.82. The number of hydrogen-bond donors (Lipinski definition) is 1. The fraction of sp³-hybridized carbons (Fsp3) is 0.462. The van der Waals surface area contributed by atoms with Crippen molar-refractivity contribution in [2.45, 2.75) is 33.3 Å². The summed E-state index contributed by atoms with van der Waals surface area (Å²) in [6, 6.07) is 3.72. The number of carbonyl (C=O) groups excluding carboxylic acids is 1. The Balaban J connectivity index is 2.51. The maximum atomic E-state index is 11.6. The third-order valence-electron chi connectivity index (χ3n) is 3.28. The fourth-order valence-electron chi connectivity index (χ4n) is 2.05. The van der Waals surface area contributed by atoms with E-state index in [4.69, 9.17) is 4.74 Å². The second kappa shape index (κ2) is 3.91. The van der Waals surface area contributed by atoms with Crippen LogP contribution in [0.25, 0.3) is 0 Å². The number of fused-ring (bicyclic) bond motifs is 1. The van der Waals surface area contributed by atoms with Crippen molar-refractivity contribution in [2.75, 3.05) is 0 Å². The number of aryl methyl sites for hydroxylation is 2. The summed E-state index contributed by atoms with van der Waals surface area (Å²) in [5.41, 5.74) is 2.90. The summed E-state index contributed by atoms with van der Waals surface area (Å²) in [7, 11) is 0. The molecule has 0 aromatic heterocycles. The normalized spacial score (nSPS) is 23.9. The molecule has 2 unspecified atom stereocenters. The molecule has 0 saturated carbocycles. The van der Waals surface area contributed by atoms with Crippen LogP contribution in [0.2, 0.25) is 0 Å². The second-order valence-corrected chi connectivity index (χ2v) is 4.35. The molecular formula is C13H16O3. The summed E-state index contributed by atoms with van der Waals surface area (Å²) in [5, 5.41) is 10.1.